The van der Waals surface area contributed by atoms with E-state index in [9.17, 15) is 19.2 Å². The lowest BCUT2D eigenvalue weighted by Gasteiger charge is -2.12. The molecule has 31 heavy (non-hydrogen) atoms. The highest BCUT2D eigenvalue weighted by Gasteiger charge is 2.14. The Balaban J connectivity index is 1.66. The standard InChI is InChI=1S/C21H20BrN5O4/c22-13-5-6-16-15(11-13)21(31)27(12-25-16)10-8-19(29)26-17-4-2-1-3-14(17)20(30)24-9-7-18(23)28/h1-6,11-12H,7-10H2,(H2,23,28)(H,24,30)(H,26,29). The summed E-state index contributed by atoms with van der Waals surface area (Å²) in [7, 11) is 0. The fraction of sp³-hybridized carbons (Fsp3) is 0.190. The van der Waals surface area contributed by atoms with Crippen molar-refractivity contribution < 1.29 is 14.4 Å². The maximum absolute atomic E-state index is 12.6. The van der Waals surface area contributed by atoms with Crippen LogP contribution in [0.2, 0.25) is 0 Å². The van der Waals surface area contributed by atoms with Crippen molar-refractivity contribution in [3.05, 3.63) is 69.2 Å². The second-order valence-electron chi connectivity index (χ2n) is 6.72. The van der Waals surface area contributed by atoms with Gasteiger partial charge in [-0.2, -0.15) is 0 Å². The summed E-state index contributed by atoms with van der Waals surface area (Å²) >= 11 is 3.34. The molecule has 0 aliphatic heterocycles. The number of primary amides is 1. The van der Waals surface area contributed by atoms with Gasteiger partial charge in [-0.25, -0.2) is 4.98 Å². The first-order valence-corrected chi connectivity index (χ1v) is 10.2. The molecule has 4 N–H and O–H groups in total. The summed E-state index contributed by atoms with van der Waals surface area (Å²) in [5, 5.41) is 5.73. The van der Waals surface area contributed by atoms with E-state index in [1.807, 2.05) is 0 Å². The topological polar surface area (TPSA) is 136 Å². The van der Waals surface area contributed by atoms with Gasteiger partial charge >= 0.3 is 0 Å². The lowest BCUT2D eigenvalue weighted by atomic mass is 10.1. The van der Waals surface area contributed by atoms with Crippen LogP contribution in [0, 0.1) is 0 Å². The third-order valence-corrected chi connectivity index (χ3v) is 4.96. The van der Waals surface area contributed by atoms with E-state index in [1.54, 1.807) is 42.5 Å². The van der Waals surface area contributed by atoms with Crippen LogP contribution < -0.4 is 21.9 Å². The average Bonchev–Trinajstić information content (AvgIpc) is 2.73. The van der Waals surface area contributed by atoms with Crippen molar-refractivity contribution >= 4 is 50.2 Å². The Bertz CT molecular complexity index is 1210. The third kappa shape index (κ3) is 5.76. The second kappa shape index (κ2) is 9.98. The van der Waals surface area contributed by atoms with Crippen molar-refractivity contribution in [2.45, 2.75) is 19.4 Å². The number of anilines is 1. The number of halogens is 1. The number of nitrogens with one attached hydrogen (secondary N) is 2. The van der Waals surface area contributed by atoms with E-state index in [-0.39, 0.29) is 43.0 Å². The van der Waals surface area contributed by atoms with E-state index < -0.39 is 11.8 Å². The summed E-state index contributed by atoms with van der Waals surface area (Å²) in [6.45, 7) is 0.234. The molecular formula is C21H20BrN5O4. The smallest absolute Gasteiger partial charge is 0.261 e. The number of rotatable bonds is 8. The normalized spacial score (nSPS) is 10.6. The molecule has 0 saturated carbocycles. The van der Waals surface area contributed by atoms with Gasteiger partial charge in [-0.3, -0.25) is 23.7 Å². The largest absolute Gasteiger partial charge is 0.370 e. The zero-order valence-corrected chi connectivity index (χ0v) is 18.0. The number of para-hydroxylation sites is 1. The van der Waals surface area contributed by atoms with Crippen molar-refractivity contribution in [2.24, 2.45) is 5.73 Å². The third-order valence-electron chi connectivity index (χ3n) is 4.47. The van der Waals surface area contributed by atoms with Gasteiger partial charge in [0.05, 0.1) is 28.5 Å². The van der Waals surface area contributed by atoms with Crippen LogP contribution in [-0.2, 0) is 16.1 Å². The van der Waals surface area contributed by atoms with Crippen molar-refractivity contribution in [1.82, 2.24) is 14.9 Å². The minimum atomic E-state index is -0.521. The Morgan fingerprint density at radius 2 is 1.87 bits per heavy atom. The molecule has 9 nitrogen and oxygen atoms in total. The summed E-state index contributed by atoms with van der Waals surface area (Å²) in [6, 6.07) is 11.7. The Labute approximate surface area is 185 Å². The predicted molar refractivity (Wildman–Crippen MR) is 120 cm³/mol. The lowest BCUT2D eigenvalue weighted by molar-refractivity contribution is -0.118. The van der Waals surface area contributed by atoms with Crippen molar-refractivity contribution in [3.63, 3.8) is 0 Å². The zero-order valence-electron chi connectivity index (χ0n) is 16.4. The first kappa shape index (κ1) is 22.2. The highest BCUT2D eigenvalue weighted by atomic mass is 79.9. The van der Waals surface area contributed by atoms with Gasteiger partial charge in [0, 0.05) is 30.4 Å². The van der Waals surface area contributed by atoms with Crippen LogP contribution >= 0.6 is 15.9 Å². The number of nitrogens with zero attached hydrogens (tertiary/aromatic N) is 2. The van der Waals surface area contributed by atoms with E-state index >= 15 is 0 Å². The van der Waals surface area contributed by atoms with Gasteiger partial charge in [-0.15, -0.1) is 0 Å². The molecule has 3 aromatic rings. The Morgan fingerprint density at radius 3 is 2.65 bits per heavy atom. The summed E-state index contributed by atoms with van der Waals surface area (Å²) < 4.78 is 2.14. The van der Waals surface area contributed by atoms with Crippen molar-refractivity contribution in [1.29, 1.82) is 0 Å². The van der Waals surface area contributed by atoms with E-state index in [1.165, 1.54) is 10.9 Å². The van der Waals surface area contributed by atoms with Crippen molar-refractivity contribution in [3.8, 4) is 0 Å². The Morgan fingerprint density at radius 1 is 1.10 bits per heavy atom. The van der Waals surface area contributed by atoms with Gasteiger partial charge in [-0.05, 0) is 30.3 Å². The van der Waals surface area contributed by atoms with E-state index in [0.717, 1.165) is 4.47 Å². The molecule has 0 aliphatic carbocycles. The van der Waals surface area contributed by atoms with Crippen LogP contribution in [0.4, 0.5) is 5.69 Å². The first-order valence-electron chi connectivity index (χ1n) is 9.45. The molecule has 160 valence electrons. The minimum Gasteiger partial charge on any atom is -0.370 e. The van der Waals surface area contributed by atoms with Crippen molar-refractivity contribution in [2.75, 3.05) is 11.9 Å². The molecule has 1 aromatic heterocycles. The predicted octanol–water partition coefficient (Wildman–Crippen LogP) is 1.79. The quantitative estimate of drug-likeness (QED) is 0.446. The molecule has 0 radical (unpaired) electrons. The van der Waals surface area contributed by atoms with Crippen LogP contribution in [0.3, 0.4) is 0 Å². The molecule has 0 saturated heterocycles. The molecule has 1 heterocycles. The van der Waals surface area contributed by atoms with E-state index in [0.29, 0.717) is 16.6 Å². The van der Waals surface area contributed by atoms with Gasteiger partial charge in [-0.1, -0.05) is 28.1 Å². The number of hydrogen-bond acceptors (Lipinski definition) is 5. The maximum Gasteiger partial charge on any atom is 0.261 e. The van der Waals surface area contributed by atoms with Crippen LogP contribution in [0.1, 0.15) is 23.2 Å². The summed E-state index contributed by atoms with van der Waals surface area (Å²) in [5.74, 6) is -1.32. The molecule has 2 aromatic carbocycles. The molecule has 0 spiro atoms. The molecule has 0 unspecified atom stereocenters. The van der Waals surface area contributed by atoms with Gasteiger partial charge in [0.25, 0.3) is 11.5 Å². The van der Waals surface area contributed by atoms with Crippen LogP contribution in [0.5, 0.6) is 0 Å². The maximum atomic E-state index is 12.6. The lowest BCUT2D eigenvalue weighted by Crippen LogP contribution is -2.29. The fourth-order valence-electron chi connectivity index (χ4n) is 2.91. The highest BCUT2D eigenvalue weighted by molar-refractivity contribution is 9.10. The molecule has 3 rings (SSSR count). The number of hydrogen-bond donors (Lipinski definition) is 3. The Kier molecular flexibility index (Phi) is 7.14. The number of nitrogens with two attached hydrogens (primary N) is 1. The van der Waals surface area contributed by atoms with E-state index in [4.69, 9.17) is 5.73 Å². The Hall–Kier alpha value is -3.53. The molecule has 0 aliphatic rings. The first-order chi connectivity index (χ1) is 14.8. The number of aromatic nitrogens is 2. The van der Waals surface area contributed by atoms with Crippen LogP contribution in [0.15, 0.2) is 58.1 Å². The summed E-state index contributed by atoms with van der Waals surface area (Å²) in [5.41, 5.74) is 5.99. The summed E-state index contributed by atoms with van der Waals surface area (Å²) in [6.07, 6.45) is 1.44. The number of carbonyl (C=O) groups excluding carboxylic acids is 3. The molecule has 3 amide bonds. The molecule has 0 fully saturated rings. The molecule has 0 atom stereocenters. The fourth-order valence-corrected chi connectivity index (χ4v) is 3.27. The second-order valence-corrected chi connectivity index (χ2v) is 7.64. The van der Waals surface area contributed by atoms with Gasteiger partial charge < -0.3 is 16.4 Å². The monoisotopic (exact) mass is 485 g/mol. The highest BCUT2D eigenvalue weighted by Crippen LogP contribution is 2.16. The minimum absolute atomic E-state index is 0.0126. The zero-order chi connectivity index (χ0) is 22.4. The van der Waals surface area contributed by atoms with Gasteiger partial charge in [0.2, 0.25) is 11.8 Å². The number of amides is 3. The number of benzene rings is 2. The summed E-state index contributed by atoms with van der Waals surface area (Å²) in [4.78, 5) is 52.5. The number of fused-ring (bicyclic) bond motifs is 1. The van der Waals surface area contributed by atoms with Crippen LogP contribution in [-0.4, -0.2) is 33.8 Å². The average molecular weight is 486 g/mol. The van der Waals surface area contributed by atoms with Crippen LogP contribution in [0.25, 0.3) is 10.9 Å². The molecule has 10 heteroatoms. The number of aryl methyl sites for hydroxylation is 1. The van der Waals surface area contributed by atoms with E-state index in [2.05, 4.69) is 31.5 Å². The number of carbonyl (C=O) groups is 3. The molecule has 0 bridgehead atoms. The SMILES string of the molecule is NC(=O)CCNC(=O)c1ccccc1NC(=O)CCn1cnc2ccc(Br)cc2c1=O. The molecular weight excluding hydrogens is 466 g/mol. The van der Waals surface area contributed by atoms with Gasteiger partial charge in [0.1, 0.15) is 0 Å². The van der Waals surface area contributed by atoms with Gasteiger partial charge in [0.15, 0.2) is 0 Å².